The Kier molecular flexibility index (Phi) is 4.76. The number of pyridine rings is 1. The van der Waals surface area contributed by atoms with Crippen LogP contribution >= 0.6 is 0 Å². The lowest BCUT2D eigenvalue weighted by Gasteiger charge is -2.24. The molecule has 9 nitrogen and oxygen atoms in total. The molecule has 4 N–H and O–H groups in total. The molecule has 0 unspecified atom stereocenters. The average molecular weight is 370 g/mol. The lowest BCUT2D eigenvalue weighted by Crippen LogP contribution is -2.13. The molecule has 0 bridgehead atoms. The summed E-state index contributed by atoms with van der Waals surface area (Å²) in [7, 11) is 6.62. The summed E-state index contributed by atoms with van der Waals surface area (Å²) in [5.41, 5.74) is 14.7. The van der Waals surface area contributed by atoms with Crippen molar-refractivity contribution in [3.63, 3.8) is 0 Å². The first-order valence-electron chi connectivity index (χ1n) is 8.13. The molecule has 0 fully saturated rings. The van der Waals surface area contributed by atoms with Crippen LogP contribution < -0.4 is 30.6 Å². The number of nitrogens with two attached hydrogens (primary N) is 2. The second-order valence-electron chi connectivity index (χ2n) is 5.88. The summed E-state index contributed by atoms with van der Waals surface area (Å²) in [6.45, 7) is 1.93. The van der Waals surface area contributed by atoms with Gasteiger partial charge in [-0.2, -0.15) is 9.97 Å². The first-order valence-corrected chi connectivity index (χ1v) is 8.13. The number of fused-ring (bicyclic) bond motifs is 1. The molecule has 3 rings (SSSR count). The van der Waals surface area contributed by atoms with E-state index in [1.807, 2.05) is 31.0 Å². The Balaban J connectivity index is 2.16. The highest BCUT2D eigenvalue weighted by atomic mass is 16.5. The Bertz CT molecular complexity index is 983. The van der Waals surface area contributed by atoms with Crippen molar-refractivity contribution in [2.24, 2.45) is 0 Å². The largest absolute Gasteiger partial charge is 0.493 e. The molecule has 0 aliphatic rings. The van der Waals surface area contributed by atoms with E-state index >= 15 is 0 Å². The lowest BCUT2D eigenvalue weighted by atomic mass is 10.1. The predicted molar refractivity (Wildman–Crippen MR) is 105 cm³/mol. The number of aromatic nitrogens is 3. The number of ether oxygens (including phenoxy) is 3. The van der Waals surface area contributed by atoms with Crippen LogP contribution in [0, 0.1) is 6.92 Å². The summed E-state index contributed by atoms with van der Waals surface area (Å²) < 4.78 is 16.3. The molecule has 0 radical (unpaired) electrons. The van der Waals surface area contributed by atoms with Crippen LogP contribution in [0.4, 0.5) is 23.1 Å². The Labute approximate surface area is 156 Å². The van der Waals surface area contributed by atoms with Crippen LogP contribution in [0.25, 0.3) is 11.0 Å². The zero-order valence-electron chi connectivity index (χ0n) is 15.9. The lowest BCUT2D eigenvalue weighted by molar-refractivity contribution is 0.324. The molecule has 0 amide bonds. The zero-order chi connectivity index (χ0) is 19.7. The number of aryl methyl sites for hydroxylation is 1. The van der Waals surface area contributed by atoms with Crippen LogP contribution in [-0.2, 0) is 0 Å². The first kappa shape index (κ1) is 18.3. The maximum absolute atomic E-state index is 6.05. The molecule has 0 saturated carbocycles. The number of nitrogen functional groups attached to an aromatic ring is 2. The van der Waals surface area contributed by atoms with Crippen LogP contribution in [0.15, 0.2) is 18.3 Å². The van der Waals surface area contributed by atoms with Crippen molar-refractivity contribution in [3.8, 4) is 17.2 Å². The van der Waals surface area contributed by atoms with E-state index in [1.54, 1.807) is 27.5 Å². The Morgan fingerprint density at radius 2 is 1.59 bits per heavy atom. The molecule has 0 aliphatic heterocycles. The number of hydrogen-bond acceptors (Lipinski definition) is 9. The number of nitrogens with zero attached hydrogens (tertiary/aromatic N) is 4. The molecule has 142 valence electrons. The van der Waals surface area contributed by atoms with Gasteiger partial charge in [-0.1, -0.05) is 0 Å². The summed E-state index contributed by atoms with van der Waals surface area (Å²) in [5, 5.41) is 0.668. The van der Waals surface area contributed by atoms with Gasteiger partial charge in [0.1, 0.15) is 5.82 Å². The van der Waals surface area contributed by atoms with E-state index in [-0.39, 0.29) is 5.95 Å². The zero-order valence-corrected chi connectivity index (χ0v) is 15.9. The molecular weight excluding hydrogens is 348 g/mol. The highest BCUT2D eigenvalue weighted by Crippen LogP contribution is 2.43. The molecule has 3 aromatic rings. The maximum atomic E-state index is 6.05. The van der Waals surface area contributed by atoms with E-state index in [0.717, 1.165) is 16.9 Å². The van der Waals surface area contributed by atoms with Crippen molar-refractivity contribution in [1.29, 1.82) is 0 Å². The van der Waals surface area contributed by atoms with Gasteiger partial charge in [0.15, 0.2) is 17.1 Å². The summed E-state index contributed by atoms with van der Waals surface area (Å²) in [4.78, 5) is 14.5. The SMILES string of the molecule is COc1cc(N(C)c2cnc3nc(N)nc(N)c3c2C)cc(OC)c1OC. The fourth-order valence-corrected chi connectivity index (χ4v) is 3.02. The van der Waals surface area contributed by atoms with Crippen molar-refractivity contribution in [2.75, 3.05) is 44.7 Å². The van der Waals surface area contributed by atoms with Crippen molar-refractivity contribution in [1.82, 2.24) is 15.0 Å². The third kappa shape index (κ3) is 3.07. The van der Waals surface area contributed by atoms with E-state index in [9.17, 15) is 0 Å². The van der Waals surface area contributed by atoms with Crippen LogP contribution in [-0.4, -0.2) is 43.3 Å². The van der Waals surface area contributed by atoms with Gasteiger partial charge in [-0.05, 0) is 12.5 Å². The third-order valence-electron chi connectivity index (χ3n) is 4.40. The Morgan fingerprint density at radius 1 is 0.963 bits per heavy atom. The highest BCUT2D eigenvalue weighted by Gasteiger charge is 2.19. The number of benzene rings is 1. The molecule has 0 spiro atoms. The first-order chi connectivity index (χ1) is 12.9. The maximum Gasteiger partial charge on any atom is 0.224 e. The summed E-state index contributed by atoms with van der Waals surface area (Å²) in [5.74, 6) is 2.03. The highest BCUT2D eigenvalue weighted by molar-refractivity contribution is 5.93. The van der Waals surface area contributed by atoms with E-state index in [4.69, 9.17) is 25.7 Å². The summed E-state index contributed by atoms with van der Waals surface area (Å²) >= 11 is 0. The molecule has 0 aliphatic carbocycles. The van der Waals surface area contributed by atoms with Gasteiger partial charge in [0.25, 0.3) is 0 Å². The fraction of sp³-hybridized carbons (Fsp3) is 0.278. The van der Waals surface area contributed by atoms with E-state index in [1.165, 1.54) is 0 Å². The van der Waals surface area contributed by atoms with Crippen molar-refractivity contribution < 1.29 is 14.2 Å². The van der Waals surface area contributed by atoms with Crippen LogP contribution in [0.3, 0.4) is 0 Å². The number of methoxy groups -OCH3 is 3. The number of rotatable bonds is 5. The molecule has 0 atom stereocenters. The molecule has 2 heterocycles. The van der Waals surface area contributed by atoms with Crippen molar-refractivity contribution >= 4 is 34.2 Å². The summed E-state index contributed by atoms with van der Waals surface area (Å²) in [6, 6.07) is 3.71. The van der Waals surface area contributed by atoms with Gasteiger partial charge < -0.3 is 30.6 Å². The van der Waals surface area contributed by atoms with Gasteiger partial charge in [-0.25, -0.2) is 4.98 Å². The van der Waals surface area contributed by atoms with E-state index < -0.39 is 0 Å². The van der Waals surface area contributed by atoms with Crippen LogP contribution in [0.2, 0.25) is 0 Å². The van der Waals surface area contributed by atoms with Gasteiger partial charge in [0.05, 0.1) is 38.6 Å². The molecule has 27 heavy (non-hydrogen) atoms. The molecule has 1 aromatic carbocycles. The third-order valence-corrected chi connectivity index (χ3v) is 4.40. The Morgan fingerprint density at radius 3 is 2.15 bits per heavy atom. The minimum Gasteiger partial charge on any atom is -0.493 e. The van der Waals surface area contributed by atoms with Gasteiger partial charge in [0.2, 0.25) is 11.7 Å². The van der Waals surface area contributed by atoms with Crippen molar-refractivity contribution in [2.45, 2.75) is 6.92 Å². The standard InChI is InChI=1S/C18H22N6O3/c1-9-11(8-21-17-14(9)16(19)22-18(20)23-17)24(2)10-6-12(25-3)15(27-5)13(7-10)26-4/h6-8H,1-5H3,(H4,19,20,21,22,23). The normalized spacial score (nSPS) is 10.7. The number of hydrogen-bond donors (Lipinski definition) is 2. The minimum absolute atomic E-state index is 0.0950. The molecule has 9 heteroatoms. The van der Waals surface area contributed by atoms with Gasteiger partial charge in [0, 0.05) is 24.9 Å². The monoisotopic (exact) mass is 370 g/mol. The van der Waals surface area contributed by atoms with Gasteiger partial charge in [-0.3, -0.25) is 0 Å². The second-order valence-corrected chi connectivity index (χ2v) is 5.88. The number of anilines is 4. The smallest absolute Gasteiger partial charge is 0.224 e. The average Bonchev–Trinajstić information content (AvgIpc) is 2.65. The Hall–Kier alpha value is -3.49. The summed E-state index contributed by atoms with van der Waals surface area (Å²) in [6.07, 6.45) is 1.72. The van der Waals surface area contributed by atoms with Crippen LogP contribution in [0.5, 0.6) is 17.2 Å². The van der Waals surface area contributed by atoms with E-state index in [0.29, 0.717) is 34.1 Å². The quantitative estimate of drug-likeness (QED) is 0.696. The molecule has 0 saturated heterocycles. The topological polar surface area (TPSA) is 122 Å². The minimum atomic E-state index is 0.0950. The van der Waals surface area contributed by atoms with Gasteiger partial charge >= 0.3 is 0 Å². The van der Waals surface area contributed by atoms with Crippen molar-refractivity contribution in [3.05, 3.63) is 23.9 Å². The molecular formula is C18H22N6O3. The van der Waals surface area contributed by atoms with E-state index in [2.05, 4.69) is 15.0 Å². The predicted octanol–water partition coefficient (Wildman–Crippen LogP) is 2.29. The molecule has 2 aromatic heterocycles. The fourth-order valence-electron chi connectivity index (χ4n) is 3.02. The van der Waals surface area contributed by atoms with Gasteiger partial charge in [-0.15, -0.1) is 0 Å². The van der Waals surface area contributed by atoms with Crippen LogP contribution in [0.1, 0.15) is 5.56 Å². The second kappa shape index (κ2) is 7.02.